The van der Waals surface area contributed by atoms with Crippen molar-refractivity contribution in [1.82, 2.24) is 9.99 Å². The molecule has 3 rings (SSSR count). The zero-order chi connectivity index (χ0) is 16.9. The van der Waals surface area contributed by atoms with Crippen molar-refractivity contribution in [3.8, 4) is 0 Å². The summed E-state index contributed by atoms with van der Waals surface area (Å²) in [6.07, 6.45) is 3.40. The van der Waals surface area contributed by atoms with Crippen molar-refractivity contribution in [3.05, 3.63) is 70.9 Å². The molecule has 1 N–H and O–H groups in total. The van der Waals surface area contributed by atoms with Gasteiger partial charge in [0.2, 0.25) is 0 Å². The molecule has 0 saturated heterocycles. The van der Waals surface area contributed by atoms with Crippen molar-refractivity contribution in [2.45, 2.75) is 12.8 Å². The Balaban J connectivity index is 1.61. The first-order valence-corrected chi connectivity index (χ1v) is 8.14. The molecule has 1 aromatic heterocycles. The Kier molecular flexibility index (Phi) is 4.96. The van der Waals surface area contributed by atoms with Crippen LogP contribution >= 0.6 is 11.6 Å². The van der Waals surface area contributed by atoms with Gasteiger partial charge >= 0.3 is 0 Å². The summed E-state index contributed by atoms with van der Waals surface area (Å²) in [5.41, 5.74) is 5.33. The van der Waals surface area contributed by atoms with Crippen molar-refractivity contribution in [2.24, 2.45) is 12.1 Å². The number of rotatable bonds is 5. The number of halogens is 1. The maximum Gasteiger partial charge on any atom is 0.287 e. The molecule has 2 aromatic carbocycles. The SMILES string of the molecule is Cn1c(C(=O)NN=CCCc2ccccc2)cc2cc(Cl)ccc21. The number of aromatic nitrogens is 1. The van der Waals surface area contributed by atoms with Gasteiger partial charge < -0.3 is 4.57 Å². The van der Waals surface area contributed by atoms with Gasteiger partial charge in [0.25, 0.3) is 5.91 Å². The van der Waals surface area contributed by atoms with Crippen molar-refractivity contribution in [3.63, 3.8) is 0 Å². The van der Waals surface area contributed by atoms with Crippen LogP contribution in [0.2, 0.25) is 5.02 Å². The van der Waals surface area contributed by atoms with Crippen LogP contribution < -0.4 is 5.43 Å². The summed E-state index contributed by atoms with van der Waals surface area (Å²) in [7, 11) is 1.85. The molecule has 0 spiro atoms. The fourth-order valence-corrected chi connectivity index (χ4v) is 2.82. The van der Waals surface area contributed by atoms with Gasteiger partial charge in [0.1, 0.15) is 5.69 Å². The van der Waals surface area contributed by atoms with Crippen molar-refractivity contribution in [2.75, 3.05) is 0 Å². The predicted octanol–water partition coefficient (Wildman–Crippen LogP) is 4.18. The number of nitrogens with one attached hydrogen (secondary N) is 1. The molecule has 0 bridgehead atoms. The number of hydrogen-bond donors (Lipinski definition) is 1. The Morgan fingerprint density at radius 1 is 1.21 bits per heavy atom. The number of nitrogens with zero attached hydrogens (tertiary/aromatic N) is 2. The fourth-order valence-electron chi connectivity index (χ4n) is 2.64. The van der Waals surface area contributed by atoms with Gasteiger partial charge in [-0.2, -0.15) is 5.10 Å². The zero-order valence-electron chi connectivity index (χ0n) is 13.4. The highest BCUT2D eigenvalue weighted by Crippen LogP contribution is 2.22. The van der Waals surface area contributed by atoms with E-state index >= 15 is 0 Å². The van der Waals surface area contributed by atoms with Gasteiger partial charge in [-0.3, -0.25) is 4.79 Å². The minimum Gasteiger partial charge on any atom is -0.340 e. The Morgan fingerprint density at radius 3 is 2.79 bits per heavy atom. The number of hydrazone groups is 1. The molecule has 1 heterocycles. The third-order valence-corrected chi connectivity index (χ3v) is 4.13. The highest BCUT2D eigenvalue weighted by Gasteiger charge is 2.12. The van der Waals surface area contributed by atoms with Gasteiger partial charge in [-0.05, 0) is 42.7 Å². The van der Waals surface area contributed by atoms with Crippen LogP contribution in [0, 0.1) is 0 Å². The molecule has 0 aliphatic heterocycles. The van der Waals surface area contributed by atoms with Crippen LogP contribution in [0.1, 0.15) is 22.5 Å². The third kappa shape index (κ3) is 3.66. The van der Waals surface area contributed by atoms with E-state index < -0.39 is 0 Å². The second-order valence-electron chi connectivity index (χ2n) is 5.57. The van der Waals surface area contributed by atoms with Gasteiger partial charge in [0.15, 0.2) is 0 Å². The lowest BCUT2D eigenvalue weighted by molar-refractivity contribution is 0.0947. The number of aryl methyl sites for hydroxylation is 2. The minimum absolute atomic E-state index is 0.235. The van der Waals surface area contributed by atoms with Gasteiger partial charge in [0.05, 0.1) is 0 Å². The van der Waals surface area contributed by atoms with Crippen LogP contribution in [0.15, 0.2) is 59.7 Å². The zero-order valence-corrected chi connectivity index (χ0v) is 14.1. The normalized spacial score (nSPS) is 11.2. The molecular weight excluding hydrogens is 322 g/mol. The number of hydrogen-bond acceptors (Lipinski definition) is 2. The lowest BCUT2D eigenvalue weighted by Crippen LogP contribution is -2.20. The summed E-state index contributed by atoms with van der Waals surface area (Å²) in [4.78, 5) is 12.3. The first-order chi connectivity index (χ1) is 11.6. The predicted molar refractivity (Wildman–Crippen MR) is 98.7 cm³/mol. The van der Waals surface area contributed by atoms with E-state index in [0.29, 0.717) is 10.7 Å². The Morgan fingerprint density at radius 2 is 2.00 bits per heavy atom. The molecule has 0 aliphatic rings. The third-order valence-electron chi connectivity index (χ3n) is 3.90. The standard InChI is InChI=1S/C19H18ClN3O/c1-23-17-10-9-16(20)12-15(17)13-18(23)19(24)22-21-11-5-8-14-6-3-2-4-7-14/h2-4,6-7,9-13H,5,8H2,1H3,(H,22,24). The maximum absolute atomic E-state index is 12.3. The lowest BCUT2D eigenvalue weighted by Gasteiger charge is -2.02. The molecule has 24 heavy (non-hydrogen) atoms. The molecule has 3 aromatic rings. The van der Waals surface area contributed by atoms with Gasteiger partial charge in [-0.25, -0.2) is 5.43 Å². The highest BCUT2D eigenvalue weighted by atomic mass is 35.5. The number of carbonyl (C=O) groups excluding carboxylic acids is 1. The van der Waals surface area contributed by atoms with Crippen molar-refractivity contribution < 1.29 is 4.79 Å². The maximum atomic E-state index is 12.3. The summed E-state index contributed by atoms with van der Waals surface area (Å²) in [5, 5.41) is 5.61. The Bertz CT molecular complexity index is 884. The molecule has 0 unspecified atom stereocenters. The molecular formula is C19H18ClN3O. The average molecular weight is 340 g/mol. The van der Waals surface area contributed by atoms with Crippen LogP contribution in [0.3, 0.4) is 0 Å². The van der Waals surface area contributed by atoms with Crippen LogP contribution in [-0.2, 0) is 13.5 Å². The molecule has 122 valence electrons. The Labute approximate surface area is 145 Å². The quantitative estimate of drug-likeness (QED) is 0.550. The monoisotopic (exact) mass is 339 g/mol. The van der Waals surface area contributed by atoms with Crippen LogP contribution in [0.4, 0.5) is 0 Å². The van der Waals surface area contributed by atoms with E-state index in [-0.39, 0.29) is 5.91 Å². The molecule has 0 fully saturated rings. The number of benzene rings is 2. The van der Waals surface area contributed by atoms with E-state index in [2.05, 4.69) is 22.7 Å². The summed E-state index contributed by atoms with van der Waals surface area (Å²) in [5.74, 6) is -0.235. The molecule has 0 atom stereocenters. The molecule has 5 heteroatoms. The van der Waals surface area contributed by atoms with Crippen molar-refractivity contribution >= 4 is 34.6 Å². The van der Waals surface area contributed by atoms with E-state index in [0.717, 1.165) is 23.7 Å². The first kappa shape index (κ1) is 16.3. The fraction of sp³-hybridized carbons (Fsp3) is 0.158. The van der Waals surface area contributed by atoms with E-state index in [1.807, 2.05) is 54.1 Å². The smallest absolute Gasteiger partial charge is 0.287 e. The van der Waals surface area contributed by atoms with Gasteiger partial charge in [-0.15, -0.1) is 0 Å². The van der Waals surface area contributed by atoms with E-state index in [9.17, 15) is 4.79 Å². The van der Waals surface area contributed by atoms with Crippen LogP contribution in [0.5, 0.6) is 0 Å². The van der Waals surface area contributed by atoms with E-state index in [1.54, 1.807) is 6.21 Å². The first-order valence-electron chi connectivity index (χ1n) is 7.76. The van der Waals surface area contributed by atoms with Crippen molar-refractivity contribution in [1.29, 1.82) is 0 Å². The van der Waals surface area contributed by atoms with Gasteiger partial charge in [-0.1, -0.05) is 41.9 Å². The summed E-state index contributed by atoms with van der Waals surface area (Å²) in [6.45, 7) is 0. The topological polar surface area (TPSA) is 46.4 Å². The van der Waals surface area contributed by atoms with Crippen LogP contribution in [0.25, 0.3) is 10.9 Å². The lowest BCUT2D eigenvalue weighted by atomic mass is 10.1. The van der Waals surface area contributed by atoms with Gasteiger partial charge in [0, 0.05) is 29.2 Å². The molecule has 0 aliphatic carbocycles. The van der Waals surface area contributed by atoms with E-state index in [4.69, 9.17) is 11.6 Å². The van der Waals surface area contributed by atoms with E-state index in [1.165, 1.54) is 5.56 Å². The largest absolute Gasteiger partial charge is 0.340 e. The molecule has 4 nitrogen and oxygen atoms in total. The minimum atomic E-state index is -0.235. The average Bonchev–Trinajstić information content (AvgIpc) is 2.91. The number of carbonyl (C=O) groups is 1. The number of fused-ring (bicyclic) bond motifs is 1. The summed E-state index contributed by atoms with van der Waals surface area (Å²) in [6, 6.07) is 17.5. The summed E-state index contributed by atoms with van der Waals surface area (Å²) >= 11 is 6.00. The highest BCUT2D eigenvalue weighted by molar-refractivity contribution is 6.31. The second-order valence-corrected chi connectivity index (χ2v) is 6.01. The molecule has 0 radical (unpaired) electrons. The molecule has 1 amide bonds. The number of amides is 1. The molecule has 0 saturated carbocycles. The van der Waals surface area contributed by atoms with Crippen LogP contribution in [-0.4, -0.2) is 16.7 Å². The Hall–Kier alpha value is -2.59. The second kappa shape index (κ2) is 7.32. The summed E-state index contributed by atoms with van der Waals surface area (Å²) < 4.78 is 1.83.